The van der Waals surface area contributed by atoms with E-state index in [0.717, 1.165) is 9.08 Å². The fourth-order valence-corrected chi connectivity index (χ4v) is 1.27. The van der Waals surface area contributed by atoms with E-state index in [4.69, 9.17) is 15.9 Å². The van der Waals surface area contributed by atoms with Crippen molar-refractivity contribution in [1.82, 2.24) is 24.4 Å². The summed E-state index contributed by atoms with van der Waals surface area (Å²) in [5, 5.41) is 22.9. The second-order valence-corrected chi connectivity index (χ2v) is 3.93. The number of hydrogen-bond acceptors (Lipinski definition) is 7. The van der Waals surface area contributed by atoms with Crippen LogP contribution >= 0.6 is 27.0 Å². The van der Waals surface area contributed by atoms with Crippen LogP contribution in [0.1, 0.15) is 23.3 Å². The van der Waals surface area contributed by atoms with E-state index < -0.39 is 23.5 Å². The van der Waals surface area contributed by atoms with E-state index in [0.29, 0.717) is 0 Å². The molecule has 0 atom stereocenters. The van der Waals surface area contributed by atoms with Gasteiger partial charge in [-0.15, -0.1) is 5.10 Å². The lowest BCUT2D eigenvalue weighted by Crippen LogP contribution is -2.27. The number of carbonyl (C=O) groups is 3. The number of aryl methyl sites for hydroxylation is 1. The highest BCUT2D eigenvalue weighted by atomic mass is 32.1. The van der Waals surface area contributed by atoms with Gasteiger partial charge in [-0.25, -0.2) is 14.2 Å². The molecule has 0 aliphatic rings. The largest absolute Gasteiger partial charge is 0.481 e. The Bertz CT molecular complexity index is 774. The minimum atomic E-state index is -1.08. The predicted molar refractivity (Wildman–Crippen MR) is 89.8 cm³/mol. The van der Waals surface area contributed by atoms with Gasteiger partial charge < -0.3 is 15.9 Å². The number of imidazole rings is 1. The monoisotopic (exact) mass is 380 g/mol. The van der Waals surface area contributed by atoms with Crippen LogP contribution in [0.4, 0.5) is 0 Å². The first-order valence-corrected chi connectivity index (χ1v) is 5.74. The third-order valence-electron chi connectivity index (χ3n) is 2.28. The van der Waals surface area contributed by atoms with E-state index in [-0.39, 0.29) is 51.2 Å². The van der Waals surface area contributed by atoms with Crippen molar-refractivity contribution >= 4 is 50.5 Å². The summed E-state index contributed by atoms with van der Waals surface area (Å²) in [7, 11) is 1.44. The Kier molecular flexibility index (Phi) is 10.1. The van der Waals surface area contributed by atoms with Gasteiger partial charge in [-0.2, -0.15) is 31.7 Å². The van der Waals surface area contributed by atoms with Crippen molar-refractivity contribution in [2.45, 2.75) is 12.8 Å². The number of fused-ring (bicyclic) bond motifs is 1. The van der Waals surface area contributed by atoms with Gasteiger partial charge in [0.25, 0.3) is 5.91 Å². The smallest absolute Gasteiger partial charge is 0.352 e. The number of nitrogens with two attached hydrogens (primary N) is 1. The Morgan fingerprint density at radius 3 is 2.08 bits per heavy atom. The van der Waals surface area contributed by atoms with Gasteiger partial charge in [-0.05, 0) is 0 Å². The molecule has 14 heteroatoms. The van der Waals surface area contributed by atoms with E-state index in [1.165, 1.54) is 13.4 Å². The first kappa shape index (κ1) is 23.7. The van der Waals surface area contributed by atoms with Gasteiger partial charge in [0.2, 0.25) is 0 Å². The molecular weight excluding hydrogens is 364 g/mol. The highest BCUT2D eigenvalue weighted by molar-refractivity contribution is 7.59. The van der Waals surface area contributed by atoms with E-state index in [1.807, 2.05) is 0 Å². The molecule has 0 spiro atoms. The van der Waals surface area contributed by atoms with Gasteiger partial charge in [0.15, 0.2) is 11.3 Å². The van der Waals surface area contributed by atoms with Crippen LogP contribution in [0.3, 0.4) is 0 Å². The zero-order valence-corrected chi connectivity index (χ0v) is 14.3. The zero-order valence-electron chi connectivity index (χ0n) is 12.3. The second kappa shape index (κ2) is 10.2. The average Bonchev–Trinajstić information content (AvgIpc) is 2.86. The van der Waals surface area contributed by atoms with Crippen LogP contribution in [0.2, 0.25) is 0 Å². The molecule has 0 aliphatic carbocycles. The summed E-state index contributed by atoms with van der Waals surface area (Å²) in [5.74, 6) is -2.89. The molecule has 2 rings (SSSR count). The maximum Gasteiger partial charge on any atom is 0.352 e. The van der Waals surface area contributed by atoms with Crippen molar-refractivity contribution in [1.29, 1.82) is 0 Å². The summed E-state index contributed by atoms with van der Waals surface area (Å²) >= 11 is 0. The number of carbonyl (C=O) groups excluding carboxylic acids is 1. The Morgan fingerprint density at radius 1 is 1.17 bits per heavy atom. The normalized spacial score (nSPS) is 9.04. The number of carboxylic acids is 2. The summed E-state index contributed by atoms with van der Waals surface area (Å²) in [4.78, 5) is 45.2. The molecule has 0 unspecified atom stereocenters. The average molecular weight is 380 g/mol. The standard InChI is InChI=1S/C6H6N6O2.C4H6O4.2H2S/c1-11-6(14)12-2-8-3(4(7)13)5(12)9-10-11;5-3(6)1-2-4(7)8;;/h2H,1H3,(H2,7,13);1-2H2,(H,5,6)(H,7,8);2*1H2. The molecule has 0 saturated heterocycles. The third-order valence-corrected chi connectivity index (χ3v) is 2.28. The van der Waals surface area contributed by atoms with E-state index in [9.17, 15) is 19.2 Å². The van der Waals surface area contributed by atoms with Gasteiger partial charge in [0.05, 0.1) is 12.8 Å². The molecule has 0 radical (unpaired) electrons. The van der Waals surface area contributed by atoms with Crippen molar-refractivity contribution in [2.24, 2.45) is 12.8 Å². The molecule has 2 heterocycles. The lowest BCUT2D eigenvalue weighted by Gasteiger charge is -1.95. The molecule has 24 heavy (non-hydrogen) atoms. The first-order valence-electron chi connectivity index (χ1n) is 5.74. The van der Waals surface area contributed by atoms with Crippen LogP contribution in [0, 0.1) is 0 Å². The minimum Gasteiger partial charge on any atom is -0.481 e. The number of hydrogen-bond donors (Lipinski definition) is 3. The van der Waals surface area contributed by atoms with Crippen LogP contribution < -0.4 is 11.4 Å². The summed E-state index contributed by atoms with van der Waals surface area (Å²) in [6.07, 6.45) is 0.594. The molecule has 134 valence electrons. The molecule has 0 fully saturated rings. The summed E-state index contributed by atoms with van der Waals surface area (Å²) in [5.41, 5.74) is 4.60. The van der Waals surface area contributed by atoms with Gasteiger partial charge >= 0.3 is 17.6 Å². The summed E-state index contributed by atoms with van der Waals surface area (Å²) in [6.45, 7) is 0. The number of primary amides is 1. The van der Waals surface area contributed by atoms with E-state index in [1.54, 1.807) is 0 Å². The van der Waals surface area contributed by atoms with Gasteiger partial charge in [-0.1, -0.05) is 5.21 Å². The number of rotatable bonds is 4. The highest BCUT2D eigenvalue weighted by Gasteiger charge is 2.13. The molecule has 0 saturated carbocycles. The van der Waals surface area contributed by atoms with Crippen molar-refractivity contribution in [2.75, 3.05) is 0 Å². The maximum absolute atomic E-state index is 11.4. The van der Waals surface area contributed by atoms with E-state index in [2.05, 4.69) is 15.3 Å². The first-order chi connectivity index (χ1) is 10.2. The molecule has 0 aliphatic heterocycles. The maximum atomic E-state index is 11.4. The number of nitrogens with zero attached hydrogens (tertiary/aromatic N) is 5. The van der Waals surface area contributed by atoms with Crippen molar-refractivity contribution in [3.05, 3.63) is 22.5 Å². The van der Waals surface area contributed by atoms with Crippen LogP contribution in [0.15, 0.2) is 11.1 Å². The lowest BCUT2D eigenvalue weighted by molar-refractivity contribution is -0.143. The third kappa shape index (κ3) is 6.25. The van der Waals surface area contributed by atoms with Gasteiger partial charge in [-0.3, -0.25) is 14.4 Å². The van der Waals surface area contributed by atoms with Crippen molar-refractivity contribution < 1.29 is 24.6 Å². The Morgan fingerprint density at radius 2 is 1.67 bits per heavy atom. The zero-order chi connectivity index (χ0) is 16.9. The SMILES string of the molecule is Cn1nnc2c(C(N)=O)ncn2c1=O.O=C(O)CCC(=O)O.S.S. The quantitative estimate of drug-likeness (QED) is 0.544. The van der Waals surface area contributed by atoms with Gasteiger partial charge in [0, 0.05) is 7.05 Å². The van der Waals surface area contributed by atoms with Crippen molar-refractivity contribution in [3.63, 3.8) is 0 Å². The number of carboxylic acid groups (broad SMARTS) is 2. The number of aromatic nitrogens is 5. The molecule has 4 N–H and O–H groups in total. The van der Waals surface area contributed by atoms with Crippen molar-refractivity contribution in [3.8, 4) is 0 Å². The molecule has 2 aromatic heterocycles. The van der Waals surface area contributed by atoms with E-state index >= 15 is 0 Å². The fraction of sp³-hybridized carbons (Fsp3) is 0.300. The van der Waals surface area contributed by atoms with Crippen LogP contribution in [0.25, 0.3) is 5.65 Å². The lowest BCUT2D eigenvalue weighted by atomic mass is 10.3. The molecule has 0 aromatic carbocycles. The molecule has 2 aromatic rings. The van der Waals surface area contributed by atoms with Crippen LogP contribution in [0.5, 0.6) is 0 Å². The molecular formula is C10H16N6O6S2. The Hall–Kier alpha value is -2.61. The topological polar surface area (TPSA) is 183 Å². The van der Waals surface area contributed by atoms with Gasteiger partial charge in [0.1, 0.15) is 6.33 Å². The predicted octanol–water partition coefficient (Wildman–Crippen LogP) is -1.92. The summed E-state index contributed by atoms with van der Waals surface area (Å²) in [6, 6.07) is 0. The number of amides is 1. The Balaban J connectivity index is 0. The Labute approximate surface area is 148 Å². The molecule has 12 nitrogen and oxygen atoms in total. The minimum absolute atomic E-state index is 0. The molecule has 1 amide bonds. The molecule has 0 bridgehead atoms. The van der Waals surface area contributed by atoms with Crippen LogP contribution in [-0.2, 0) is 16.6 Å². The van der Waals surface area contributed by atoms with Crippen LogP contribution in [-0.4, -0.2) is 52.4 Å². The highest BCUT2D eigenvalue weighted by Crippen LogP contribution is 2.00. The second-order valence-electron chi connectivity index (χ2n) is 3.93. The number of aliphatic carboxylic acids is 2. The summed E-state index contributed by atoms with van der Waals surface area (Å²) < 4.78 is 2.13. The fourth-order valence-electron chi connectivity index (χ4n) is 1.27.